The van der Waals surface area contributed by atoms with Crippen molar-refractivity contribution in [1.82, 2.24) is 4.90 Å². The third kappa shape index (κ3) is 5.87. The van der Waals surface area contributed by atoms with E-state index in [-0.39, 0.29) is 6.61 Å². The number of ether oxygens (including phenoxy) is 2. The van der Waals surface area contributed by atoms with Crippen molar-refractivity contribution >= 4 is 0 Å². The van der Waals surface area contributed by atoms with Crippen LogP contribution in [0.3, 0.4) is 0 Å². The molecule has 1 heterocycles. The number of furan rings is 1. The second-order valence-corrected chi connectivity index (χ2v) is 6.83. The minimum Gasteiger partial charge on any atom is -0.497 e. The molecule has 0 amide bonds. The molecule has 148 valence electrons. The summed E-state index contributed by atoms with van der Waals surface area (Å²) in [5.41, 5.74) is 2.19. The summed E-state index contributed by atoms with van der Waals surface area (Å²) in [7, 11) is 1.66. The lowest BCUT2D eigenvalue weighted by molar-refractivity contribution is 0.0602. The molecule has 0 aliphatic carbocycles. The number of methoxy groups -OCH3 is 1. The van der Waals surface area contributed by atoms with Gasteiger partial charge in [0, 0.05) is 13.1 Å². The van der Waals surface area contributed by atoms with E-state index >= 15 is 0 Å². The summed E-state index contributed by atoms with van der Waals surface area (Å²) in [5.74, 6) is 2.49. The van der Waals surface area contributed by atoms with Crippen LogP contribution in [0.1, 0.15) is 16.9 Å². The number of hydrogen-bond acceptors (Lipinski definition) is 5. The maximum atomic E-state index is 10.5. The van der Waals surface area contributed by atoms with Crippen molar-refractivity contribution in [2.24, 2.45) is 0 Å². The van der Waals surface area contributed by atoms with Gasteiger partial charge in [0.05, 0.1) is 19.9 Å². The topological polar surface area (TPSA) is 55.1 Å². The summed E-state index contributed by atoms with van der Waals surface area (Å²) in [5, 5.41) is 10.5. The van der Waals surface area contributed by atoms with Crippen LogP contribution in [0.5, 0.6) is 11.5 Å². The van der Waals surface area contributed by atoms with E-state index in [2.05, 4.69) is 4.90 Å². The molecular formula is C23H27NO4. The Labute approximate surface area is 166 Å². The summed E-state index contributed by atoms with van der Waals surface area (Å²) in [6.45, 7) is 4.00. The smallest absolute Gasteiger partial charge is 0.122 e. The number of hydrogen-bond donors (Lipinski definition) is 1. The van der Waals surface area contributed by atoms with E-state index in [0.717, 1.165) is 28.4 Å². The zero-order valence-corrected chi connectivity index (χ0v) is 16.4. The molecule has 0 aliphatic heterocycles. The molecule has 1 aromatic heterocycles. The third-order valence-corrected chi connectivity index (χ3v) is 4.52. The molecule has 5 heteroatoms. The lowest BCUT2D eigenvalue weighted by atomic mass is 10.2. The monoisotopic (exact) mass is 381 g/mol. The largest absolute Gasteiger partial charge is 0.497 e. The summed E-state index contributed by atoms with van der Waals surface area (Å²) in [6.07, 6.45) is 1.05. The first kappa shape index (κ1) is 20.0. The van der Waals surface area contributed by atoms with Gasteiger partial charge in [-0.15, -0.1) is 0 Å². The van der Waals surface area contributed by atoms with E-state index in [9.17, 15) is 5.11 Å². The number of aliphatic hydroxyl groups is 1. The van der Waals surface area contributed by atoms with Crippen LogP contribution >= 0.6 is 0 Å². The average Bonchev–Trinajstić information content (AvgIpc) is 3.21. The van der Waals surface area contributed by atoms with Gasteiger partial charge in [-0.1, -0.05) is 30.3 Å². The lowest BCUT2D eigenvalue weighted by Gasteiger charge is -2.24. The first-order valence-electron chi connectivity index (χ1n) is 9.38. The molecular weight excluding hydrogens is 354 g/mol. The van der Waals surface area contributed by atoms with Crippen molar-refractivity contribution in [2.75, 3.05) is 20.3 Å². The van der Waals surface area contributed by atoms with Crippen LogP contribution in [0.25, 0.3) is 0 Å². The number of benzene rings is 2. The molecule has 0 spiro atoms. The quantitative estimate of drug-likeness (QED) is 0.574. The van der Waals surface area contributed by atoms with Gasteiger partial charge in [-0.2, -0.15) is 0 Å². The molecule has 3 aromatic rings. The Balaban J connectivity index is 1.61. The van der Waals surface area contributed by atoms with Crippen LogP contribution in [0.2, 0.25) is 0 Å². The molecule has 3 rings (SSSR count). The van der Waals surface area contributed by atoms with Gasteiger partial charge in [0.25, 0.3) is 0 Å². The van der Waals surface area contributed by atoms with Gasteiger partial charge in [0.15, 0.2) is 0 Å². The van der Waals surface area contributed by atoms with E-state index in [1.54, 1.807) is 13.4 Å². The predicted octanol–water partition coefficient (Wildman–Crippen LogP) is 4.04. The Kier molecular flexibility index (Phi) is 7.12. The first-order valence-corrected chi connectivity index (χ1v) is 9.38. The molecule has 5 nitrogen and oxygen atoms in total. The predicted molar refractivity (Wildman–Crippen MR) is 108 cm³/mol. The minimum atomic E-state index is -0.618. The molecule has 0 unspecified atom stereocenters. The third-order valence-electron chi connectivity index (χ3n) is 4.52. The zero-order valence-electron chi connectivity index (χ0n) is 16.4. The van der Waals surface area contributed by atoms with Crippen molar-refractivity contribution in [1.29, 1.82) is 0 Å². The molecule has 0 saturated heterocycles. The normalized spacial score (nSPS) is 12.1. The number of aryl methyl sites for hydroxylation is 1. The molecule has 0 fully saturated rings. The van der Waals surface area contributed by atoms with Crippen LogP contribution in [-0.2, 0) is 13.1 Å². The highest BCUT2D eigenvalue weighted by Gasteiger charge is 2.15. The highest BCUT2D eigenvalue weighted by molar-refractivity contribution is 5.31. The summed E-state index contributed by atoms with van der Waals surface area (Å²) < 4.78 is 16.5. The van der Waals surface area contributed by atoms with Crippen molar-refractivity contribution < 1.29 is 19.0 Å². The second kappa shape index (κ2) is 9.97. The number of aliphatic hydroxyl groups excluding tert-OH is 1. The van der Waals surface area contributed by atoms with Crippen molar-refractivity contribution in [3.8, 4) is 11.5 Å². The first-order chi connectivity index (χ1) is 13.6. The summed E-state index contributed by atoms with van der Waals surface area (Å²) in [6, 6.07) is 19.6. The fourth-order valence-electron chi connectivity index (χ4n) is 3.05. The Morgan fingerprint density at radius 3 is 2.46 bits per heavy atom. The number of para-hydroxylation sites is 1. The number of rotatable bonds is 10. The van der Waals surface area contributed by atoms with E-state index in [4.69, 9.17) is 13.9 Å². The Hall–Kier alpha value is -2.76. The van der Waals surface area contributed by atoms with Crippen molar-refractivity contribution in [3.63, 3.8) is 0 Å². The second-order valence-electron chi connectivity index (χ2n) is 6.83. The van der Waals surface area contributed by atoms with Crippen LogP contribution < -0.4 is 9.47 Å². The summed E-state index contributed by atoms with van der Waals surface area (Å²) >= 11 is 0. The highest BCUT2D eigenvalue weighted by atomic mass is 16.5. The van der Waals surface area contributed by atoms with Gasteiger partial charge in [0.2, 0.25) is 0 Å². The maximum absolute atomic E-state index is 10.5. The fraction of sp³-hybridized carbons (Fsp3) is 0.304. The van der Waals surface area contributed by atoms with Crippen molar-refractivity contribution in [2.45, 2.75) is 26.1 Å². The molecule has 1 atom stereocenters. The van der Waals surface area contributed by atoms with Gasteiger partial charge in [-0.3, -0.25) is 4.90 Å². The molecule has 0 aliphatic rings. The van der Waals surface area contributed by atoms with E-state index in [1.165, 1.54) is 0 Å². The average molecular weight is 381 g/mol. The van der Waals surface area contributed by atoms with Crippen LogP contribution in [0, 0.1) is 6.92 Å². The Bertz CT molecular complexity index is 830. The van der Waals surface area contributed by atoms with Gasteiger partial charge >= 0.3 is 0 Å². The van der Waals surface area contributed by atoms with E-state index < -0.39 is 6.10 Å². The fourth-order valence-corrected chi connectivity index (χ4v) is 3.05. The van der Waals surface area contributed by atoms with E-state index in [1.807, 2.05) is 67.6 Å². The zero-order chi connectivity index (χ0) is 19.8. The maximum Gasteiger partial charge on any atom is 0.122 e. The molecule has 1 N–H and O–H groups in total. The van der Waals surface area contributed by atoms with Crippen LogP contribution in [-0.4, -0.2) is 36.4 Å². The van der Waals surface area contributed by atoms with Crippen LogP contribution in [0.15, 0.2) is 71.3 Å². The molecule has 2 aromatic carbocycles. The Morgan fingerprint density at radius 2 is 1.79 bits per heavy atom. The van der Waals surface area contributed by atoms with Gasteiger partial charge < -0.3 is 19.0 Å². The lowest BCUT2D eigenvalue weighted by Crippen LogP contribution is -2.35. The van der Waals surface area contributed by atoms with Gasteiger partial charge in [-0.25, -0.2) is 0 Å². The molecule has 28 heavy (non-hydrogen) atoms. The van der Waals surface area contributed by atoms with E-state index in [0.29, 0.717) is 19.6 Å². The number of nitrogens with zero attached hydrogens (tertiary/aromatic N) is 1. The molecule has 0 saturated carbocycles. The minimum absolute atomic E-state index is 0.238. The van der Waals surface area contributed by atoms with Gasteiger partial charge in [0.1, 0.15) is 30.0 Å². The Morgan fingerprint density at radius 1 is 1.00 bits per heavy atom. The van der Waals surface area contributed by atoms with Crippen molar-refractivity contribution in [3.05, 3.63) is 83.8 Å². The standard InChI is InChI=1S/C23H27NO4/c1-18-6-3-4-8-23(18)28-17-20(25)15-24(16-22-7-5-13-27-22)14-19-9-11-21(26-2)12-10-19/h3-13,20,25H,14-17H2,1-2H3/t20-/m0/s1. The highest BCUT2D eigenvalue weighted by Crippen LogP contribution is 2.18. The van der Waals surface area contributed by atoms with Crippen LogP contribution in [0.4, 0.5) is 0 Å². The molecule has 0 bridgehead atoms. The molecule has 0 radical (unpaired) electrons. The summed E-state index contributed by atoms with van der Waals surface area (Å²) in [4.78, 5) is 2.15. The van der Waals surface area contributed by atoms with Gasteiger partial charge in [-0.05, 0) is 48.4 Å². The SMILES string of the molecule is COc1ccc(CN(Cc2ccco2)C[C@H](O)COc2ccccc2C)cc1.